The topological polar surface area (TPSA) is 33.2 Å². The summed E-state index contributed by atoms with van der Waals surface area (Å²) in [6.45, 7) is 4.45. The van der Waals surface area contributed by atoms with Gasteiger partial charge in [-0.3, -0.25) is 4.79 Å². The zero-order valence-corrected chi connectivity index (χ0v) is 10.7. The first-order valence-corrected chi connectivity index (χ1v) is 5.77. The third-order valence-electron chi connectivity index (χ3n) is 2.32. The van der Waals surface area contributed by atoms with Gasteiger partial charge in [-0.1, -0.05) is 6.07 Å². The van der Waals surface area contributed by atoms with Crippen LogP contribution in [0.25, 0.3) is 0 Å². The van der Waals surface area contributed by atoms with Crippen LogP contribution >= 0.6 is 11.6 Å². The first-order valence-electron chi connectivity index (χ1n) is 5.34. The van der Waals surface area contributed by atoms with Crippen molar-refractivity contribution in [3.8, 4) is 0 Å². The highest BCUT2D eigenvalue weighted by molar-refractivity contribution is 6.20. The van der Waals surface area contributed by atoms with Crippen LogP contribution in [0.5, 0.6) is 0 Å². The van der Waals surface area contributed by atoms with E-state index < -0.39 is 0 Å². The fourth-order valence-electron chi connectivity index (χ4n) is 1.33. The second kappa shape index (κ2) is 5.85. The number of hydrogen-bond acceptors (Lipinski definition) is 2. The number of alkyl halides is 1. The summed E-state index contributed by atoms with van der Waals surface area (Å²) < 4.78 is 0. The number of aromatic nitrogens is 1. The maximum atomic E-state index is 11.9. The summed E-state index contributed by atoms with van der Waals surface area (Å²) in [6, 6.07) is 5.45. The number of nitrogens with zero attached hydrogens (tertiary/aromatic N) is 2. The molecule has 1 unspecified atom stereocenters. The summed E-state index contributed by atoms with van der Waals surface area (Å²) in [4.78, 5) is 17.8. The van der Waals surface area contributed by atoms with E-state index in [9.17, 15) is 4.79 Å². The van der Waals surface area contributed by atoms with Gasteiger partial charge in [-0.2, -0.15) is 0 Å². The Bertz CT molecular complexity index is 366. The summed E-state index contributed by atoms with van der Waals surface area (Å²) >= 11 is 5.84. The van der Waals surface area contributed by atoms with Crippen molar-refractivity contribution in [3.63, 3.8) is 0 Å². The molecule has 1 rings (SSSR count). The molecular weight excluding hydrogens is 224 g/mol. The third-order valence-corrected chi connectivity index (χ3v) is 2.53. The van der Waals surface area contributed by atoms with Gasteiger partial charge in [0, 0.05) is 24.7 Å². The summed E-state index contributed by atoms with van der Waals surface area (Å²) in [5.74, 6) is -0.0546. The predicted molar refractivity (Wildman–Crippen MR) is 65.9 cm³/mol. The lowest BCUT2D eigenvalue weighted by Crippen LogP contribution is -2.29. The minimum atomic E-state index is -0.0546. The van der Waals surface area contributed by atoms with E-state index in [0.29, 0.717) is 12.2 Å². The van der Waals surface area contributed by atoms with Crippen LogP contribution in [-0.2, 0) is 0 Å². The Morgan fingerprint density at radius 1 is 1.56 bits per heavy atom. The molecule has 0 bridgehead atoms. The summed E-state index contributed by atoms with van der Waals surface area (Å²) in [5.41, 5.74) is 1.34. The average Bonchev–Trinajstić information content (AvgIpc) is 2.24. The SMILES string of the molecule is Cc1cccc(C(=O)N(C)CCC(C)Cl)n1. The number of aryl methyl sites for hydroxylation is 1. The lowest BCUT2D eigenvalue weighted by Gasteiger charge is -2.17. The van der Waals surface area contributed by atoms with Crippen LogP contribution in [0.3, 0.4) is 0 Å². The molecule has 0 aromatic carbocycles. The minimum Gasteiger partial charge on any atom is -0.340 e. The fraction of sp³-hybridized carbons (Fsp3) is 0.500. The standard InChI is InChI=1S/C12H17ClN2O/c1-9(13)7-8-15(3)12(16)11-6-4-5-10(2)14-11/h4-6,9H,7-8H2,1-3H3. The van der Waals surface area contributed by atoms with E-state index in [-0.39, 0.29) is 11.3 Å². The molecule has 0 saturated heterocycles. The van der Waals surface area contributed by atoms with Crippen molar-refractivity contribution in [2.75, 3.05) is 13.6 Å². The van der Waals surface area contributed by atoms with E-state index in [2.05, 4.69) is 4.98 Å². The number of rotatable bonds is 4. The monoisotopic (exact) mass is 240 g/mol. The first kappa shape index (κ1) is 13.0. The van der Waals surface area contributed by atoms with Gasteiger partial charge in [0.15, 0.2) is 0 Å². The van der Waals surface area contributed by atoms with E-state index in [1.54, 1.807) is 18.0 Å². The molecule has 3 nitrogen and oxygen atoms in total. The Kier molecular flexibility index (Phi) is 4.74. The van der Waals surface area contributed by atoms with Crippen LogP contribution in [0.4, 0.5) is 0 Å². The Hall–Kier alpha value is -1.09. The molecule has 4 heteroatoms. The highest BCUT2D eigenvalue weighted by Crippen LogP contribution is 2.05. The highest BCUT2D eigenvalue weighted by atomic mass is 35.5. The van der Waals surface area contributed by atoms with Crippen molar-refractivity contribution in [1.29, 1.82) is 0 Å². The molecule has 0 saturated carbocycles. The van der Waals surface area contributed by atoms with E-state index in [0.717, 1.165) is 12.1 Å². The van der Waals surface area contributed by atoms with E-state index in [4.69, 9.17) is 11.6 Å². The Balaban J connectivity index is 2.63. The second-order valence-corrected chi connectivity index (χ2v) is 4.71. The van der Waals surface area contributed by atoms with Crippen molar-refractivity contribution < 1.29 is 4.79 Å². The van der Waals surface area contributed by atoms with Gasteiger partial charge in [0.25, 0.3) is 5.91 Å². The van der Waals surface area contributed by atoms with Gasteiger partial charge in [-0.05, 0) is 32.4 Å². The Morgan fingerprint density at radius 2 is 2.25 bits per heavy atom. The molecule has 1 aromatic rings. The number of amides is 1. The van der Waals surface area contributed by atoms with Crippen molar-refractivity contribution in [1.82, 2.24) is 9.88 Å². The van der Waals surface area contributed by atoms with Crippen molar-refractivity contribution in [2.45, 2.75) is 25.6 Å². The molecule has 0 spiro atoms. The molecule has 88 valence electrons. The van der Waals surface area contributed by atoms with E-state index in [1.807, 2.05) is 26.0 Å². The van der Waals surface area contributed by atoms with Gasteiger partial charge in [-0.15, -0.1) is 11.6 Å². The van der Waals surface area contributed by atoms with Crippen molar-refractivity contribution >= 4 is 17.5 Å². The molecule has 1 atom stereocenters. The van der Waals surface area contributed by atoms with Crippen LogP contribution in [0.15, 0.2) is 18.2 Å². The quantitative estimate of drug-likeness (QED) is 0.758. The lowest BCUT2D eigenvalue weighted by atomic mass is 10.2. The van der Waals surface area contributed by atoms with Gasteiger partial charge in [0.2, 0.25) is 0 Å². The maximum absolute atomic E-state index is 11.9. The van der Waals surface area contributed by atoms with E-state index >= 15 is 0 Å². The lowest BCUT2D eigenvalue weighted by molar-refractivity contribution is 0.0787. The molecular formula is C12H17ClN2O. The zero-order chi connectivity index (χ0) is 12.1. The van der Waals surface area contributed by atoms with Gasteiger partial charge < -0.3 is 4.90 Å². The van der Waals surface area contributed by atoms with Crippen LogP contribution in [-0.4, -0.2) is 34.8 Å². The second-order valence-electron chi connectivity index (χ2n) is 3.96. The van der Waals surface area contributed by atoms with Crippen LogP contribution in [0.1, 0.15) is 29.5 Å². The molecule has 1 heterocycles. The van der Waals surface area contributed by atoms with Gasteiger partial charge >= 0.3 is 0 Å². The molecule has 0 N–H and O–H groups in total. The van der Waals surface area contributed by atoms with Crippen LogP contribution in [0.2, 0.25) is 0 Å². The third kappa shape index (κ3) is 3.81. The number of pyridine rings is 1. The molecule has 0 aliphatic heterocycles. The van der Waals surface area contributed by atoms with Gasteiger partial charge in [-0.25, -0.2) is 4.98 Å². The van der Waals surface area contributed by atoms with Crippen LogP contribution < -0.4 is 0 Å². The molecule has 0 radical (unpaired) electrons. The van der Waals surface area contributed by atoms with E-state index in [1.165, 1.54) is 0 Å². The molecule has 0 aliphatic carbocycles. The molecule has 1 amide bonds. The number of carbonyl (C=O) groups excluding carboxylic acids is 1. The number of hydrogen-bond donors (Lipinski definition) is 0. The smallest absolute Gasteiger partial charge is 0.272 e. The number of carbonyl (C=O) groups is 1. The molecule has 0 aliphatic rings. The van der Waals surface area contributed by atoms with Gasteiger partial charge in [0.05, 0.1) is 0 Å². The molecule has 1 aromatic heterocycles. The fourth-order valence-corrected chi connectivity index (χ4v) is 1.43. The van der Waals surface area contributed by atoms with Crippen molar-refractivity contribution in [3.05, 3.63) is 29.6 Å². The van der Waals surface area contributed by atoms with Crippen LogP contribution in [0, 0.1) is 6.92 Å². The highest BCUT2D eigenvalue weighted by Gasteiger charge is 2.13. The average molecular weight is 241 g/mol. The predicted octanol–water partition coefficient (Wildman–Crippen LogP) is 2.48. The number of halogens is 1. The zero-order valence-electron chi connectivity index (χ0n) is 9.90. The molecule has 0 fully saturated rings. The minimum absolute atomic E-state index is 0.0546. The van der Waals surface area contributed by atoms with Crippen molar-refractivity contribution in [2.24, 2.45) is 0 Å². The summed E-state index contributed by atoms with van der Waals surface area (Å²) in [6.07, 6.45) is 0.787. The van der Waals surface area contributed by atoms with Gasteiger partial charge in [0.1, 0.15) is 5.69 Å². The first-order chi connectivity index (χ1) is 7.50. The largest absolute Gasteiger partial charge is 0.340 e. The summed E-state index contributed by atoms with van der Waals surface area (Å²) in [5, 5.41) is 0.0840. The maximum Gasteiger partial charge on any atom is 0.272 e. The Labute approximate surface area is 101 Å². The normalized spacial score (nSPS) is 12.2. The molecule has 16 heavy (non-hydrogen) atoms. The Morgan fingerprint density at radius 3 is 2.81 bits per heavy atom. The summed E-state index contributed by atoms with van der Waals surface area (Å²) in [7, 11) is 1.77.